The molecule has 0 heterocycles. The largest absolute Gasteiger partial charge is 0.400 e. The maximum absolute atomic E-state index is 13.6. The predicted molar refractivity (Wildman–Crippen MR) is 65.7 cm³/mol. The highest BCUT2D eigenvalue weighted by atomic mass is 19.4. The lowest BCUT2D eigenvalue weighted by atomic mass is 10.1. The Kier molecular flexibility index (Phi) is 4.74. The van der Waals surface area contributed by atoms with E-state index in [-0.39, 0.29) is 12.2 Å². The summed E-state index contributed by atoms with van der Waals surface area (Å²) in [6, 6.07) is 5.57. The fourth-order valence-corrected chi connectivity index (χ4v) is 1.70. The Morgan fingerprint density at radius 1 is 1.37 bits per heavy atom. The molecule has 3 N–H and O–H groups in total. The van der Waals surface area contributed by atoms with Crippen molar-refractivity contribution in [3.63, 3.8) is 0 Å². The van der Waals surface area contributed by atoms with Crippen LogP contribution in [0.25, 0.3) is 0 Å². The van der Waals surface area contributed by atoms with E-state index < -0.39 is 30.3 Å². The van der Waals surface area contributed by atoms with E-state index in [0.29, 0.717) is 0 Å². The van der Waals surface area contributed by atoms with Gasteiger partial charge in [0.15, 0.2) is 0 Å². The molecular weight excluding hydrogens is 262 g/mol. The molecule has 0 fully saturated rings. The van der Waals surface area contributed by atoms with E-state index in [1.807, 2.05) is 0 Å². The number of nitrogens with zero attached hydrogens (tertiary/aromatic N) is 1. The average Bonchev–Trinajstić information content (AvgIpc) is 2.29. The summed E-state index contributed by atoms with van der Waals surface area (Å²) in [6.07, 6.45) is -4.62. The Bertz CT molecular complexity index is 445. The molecule has 0 radical (unpaired) electrons. The van der Waals surface area contributed by atoms with Crippen LogP contribution in [0.2, 0.25) is 0 Å². The van der Waals surface area contributed by atoms with Crippen molar-refractivity contribution in [3.8, 4) is 0 Å². The van der Waals surface area contributed by atoms with E-state index in [2.05, 4.69) is 0 Å². The second-order valence-electron chi connectivity index (χ2n) is 4.04. The minimum absolute atomic E-state index is 0.0699. The molecule has 1 unspecified atom stereocenters. The number of hydrogen-bond acceptors (Lipinski definition) is 2. The van der Waals surface area contributed by atoms with Crippen LogP contribution in [-0.4, -0.2) is 25.1 Å². The lowest BCUT2D eigenvalue weighted by molar-refractivity contribution is -0.153. The van der Waals surface area contributed by atoms with Gasteiger partial charge >= 0.3 is 6.18 Å². The van der Waals surface area contributed by atoms with Crippen LogP contribution in [0.15, 0.2) is 24.3 Å². The molecule has 7 heteroatoms. The van der Waals surface area contributed by atoms with Gasteiger partial charge in [0.2, 0.25) is 0 Å². The Morgan fingerprint density at radius 3 is 2.37 bits per heavy atom. The first kappa shape index (κ1) is 15.3. The van der Waals surface area contributed by atoms with Crippen LogP contribution in [-0.2, 0) is 0 Å². The number of para-hydroxylation sites is 1. The van der Waals surface area contributed by atoms with Crippen molar-refractivity contribution in [2.24, 2.45) is 11.7 Å². The number of halogens is 4. The average molecular weight is 277 g/mol. The number of nitrogens with two attached hydrogens (primary N) is 1. The van der Waals surface area contributed by atoms with Gasteiger partial charge < -0.3 is 10.6 Å². The lowest BCUT2D eigenvalue weighted by Gasteiger charge is -2.29. The van der Waals surface area contributed by atoms with Gasteiger partial charge in [-0.2, -0.15) is 13.2 Å². The molecule has 0 aliphatic heterocycles. The summed E-state index contributed by atoms with van der Waals surface area (Å²) < 4.78 is 51.8. The lowest BCUT2D eigenvalue weighted by Crippen LogP contribution is -2.44. The predicted octanol–water partition coefficient (Wildman–Crippen LogP) is 2.77. The van der Waals surface area contributed by atoms with E-state index >= 15 is 0 Å². The molecule has 3 nitrogen and oxygen atoms in total. The minimum atomic E-state index is -4.62. The molecule has 0 aliphatic carbocycles. The fourth-order valence-electron chi connectivity index (χ4n) is 1.70. The Morgan fingerprint density at radius 2 is 1.95 bits per heavy atom. The van der Waals surface area contributed by atoms with Crippen molar-refractivity contribution >= 4 is 11.5 Å². The van der Waals surface area contributed by atoms with Gasteiger partial charge in [-0.05, 0) is 19.1 Å². The smallest absolute Gasteiger partial charge is 0.387 e. The summed E-state index contributed by atoms with van der Waals surface area (Å²) >= 11 is 0. The standard InChI is InChI=1S/C12H15F4N3/c1-2-19(10-6-4-3-5-9(10)13)7-8(11(17)18)12(14,15)16/h3-6,8H,2,7H2,1H3,(H3,17,18). The van der Waals surface area contributed by atoms with E-state index in [4.69, 9.17) is 11.1 Å². The molecule has 0 saturated heterocycles. The van der Waals surface area contributed by atoms with Crippen molar-refractivity contribution in [1.29, 1.82) is 5.41 Å². The third kappa shape index (κ3) is 3.84. The summed E-state index contributed by atoms with van der Waals surface area (Å²) in [4.78, 5) is 1.22. The van der Waals surface area contributed by atoms with Crippen molar-refractivity contribution in [2.75, 3.05) is 18.0 Å². The zero-order valence-corrected chi connectivity index (χ0v) is 10.3. The van der Waals surface area contributed by atoms with Crippen LogP contribution in [0.5, 0.6) is 0 Å². The number of rotatable bonds is 5. The third-order valence-electron chi connectivity index (χ3n) is 2.75. The highest BCUT2D eigenvalue weighted by Crippen LogP contribution is 2.29. The number of benzene rings is 1. The van der Waals surface area contributed by atoms with Gasteiger partial charge in [0.1, 0.15) is 17.6 Å². The first-order chi connectivity index (χ1) is 8.77. The molecule has 0 saturated carbocycles. The SMILES string of the molecule is CCN(CC(C(=N)N)C(F)(F)F)c1ccccc1F. The molecule has 1 atom stereocenters. The van der Waals surface area contributed by atoms with Crippen LogP contribution in [0.1, 0.15) is 6.92 Å². The highest BCUT2D eigenvalue weighted by molar-refractivity contribution is 5.81. The van der Waals surface area contributed by atoms with Crippen LogP contribution in [0.3, 0.4) is 0 Å². The van der Waals surface area contributed by atoms with Gasteiger partial charge in [-0.1, -0.05) is 12.1 Å². The topological polar surface area (TPSA) is 53.1 Å². The molecule has 0 spiro atoms. The van der Waals surface area contributed by atoms with Gasteiger partial charge in [-0.3, -0.25) is 5.41 Å². The number of nitrogens with one attached hydrogen (secondary N) is 1. The summed E-state index contributed by atoms with van der Waals surface area (Å²) in [6.45, 7) is 1.22. The van der Waals surface area contributed by atoms with Gasteiger partial charge in [-0.25, -0.2) is 4.39 Å². The van der Waals surface area contributed by atoms with Crippen LogP contribution in [0.4, 0.5) is 23.2 Å². The van der Waals surface area contributed by atoms with E-state index in [1.165, 1.54) is 29.2 Å². The Labute approximate surface area is 108 Å². The first-order valence-electron chi connectivity index (χ1n) is 5.67. The normalized spacial score (nSPS) is 13.1. The Hall–Kier alpha value is -1.79. The van der Waals surface area contributed by atoms with Crippen LogP contribution in [0, 0.1) is 17.1 Å². The molecule has 0 aromatic heterocycles. The summed E-state index contributed by atoms with van der Waals surface area (Å²) in [7, 11) is 0. The zero-order chi connectivity index (χ0) is 14.6. The molecule has 106 valence electrons. The molecule has 0 amide bonds. The quantitative estimate of drug-likeness (QED) is 0.494. The summed E-state index contributed by atoms with van der Waals surface area (Å²) in [5.74, 6) is -3.68. The number of alkyl halides is 3. The van der Waals surface area contributed by atoms with Crippen molar-refractivity contribution in [3.05, 3.63) is 30.1 Å². The molecule has 0 aliphatic rings. The molecule has 1 aromatic rings. The number of amidine groups is 1. The van der Waals surface area contributed by atoms with Crippen LogP contribution < -0.4 is 10.6 Å². The highest BCUT2D eigenvalue weighted by Gasteiger charge is 2.42. The van der Waals surface area contributed by atoms with E-state index in [9.17, 15) is 17.6 Å². The summed E-state index contributed by atoms with van der Waals surface area (Å²) in [5, 5.41) is 7.03. The number of hydrogen-bond donors (Lipinski definition) is 2. The van der Waals surface area contributed by atoms with Crippen LogP contribution >= 0.6 is 0 Å². The molecule has 0 bridgehead atoms. The van der Waals surface area contributed by atoms with Gasteiger partial charge in [0.05, 0.1) is 5.69 Å². The molecule has 1 rings (SSSR count). The van der Waals surface area contributed by atoms with E-state index in [0.717, 1.165) is 0 Å². The monoisotopic (exact) mass is 277 g/mol. The zero-order valence-electron chi connectivity index (χ0n) is 10.3. The fraction of sp³-hybridized carbons (Fsp3) is 0.417. The maximum atomic E-state index is 13.6. The molecule has 1 aromatic carbocycles. The van der Waals surface area contributed by atoms with Gasteiger partial charge in [0.25, 0.3) is 0 Å². The molecular formula is C12H15F4N3. The van der Waals surface area contributed by atoms with E-state index in [1.54, 1.807) is 6.92 Å². The second kappa shape index (κ2) is 5.90. The minimum Gasteiger partial charge on any atom is -0.387 e. The molecule has 19 heavy (non-hydrogen) atoms. The Balaban J connectivity index is 2.99. The third-order valence-corrected chi connectivity index (χ3v) is 2.75. The maximum Gasteiger partial charge on any atom is 0.400 e. The van der Waals surface area contributed by atoms with Gasteiger partial charge in [-0.15, -0.1) is 0 Å². The van der Waals surface area contributed by atoms with Gasteiger partial charge in [0, 0.05) is 13.1 Å². The summed E-state index contributed by atoms with van der Waals surface area (Å²) in [5.41, 5.74) is 5.05. The second-order valence-corrected chi connectivity index (χ2v) is 4.04. The first-order valence-corrected chi connectivity index (χ1v) is 5.67. The van der Waals surface area contributed by atoms with Crippen molar-refractivity contribution < 1.29 is 17.6 Å². The van der Waals surface area contributed by atoms with Crippen molar-refractivity contribution in [1.82, 2.24) is 0 Å². The number of anilines is 1. The van der Waals surface area contributed by atoms with Crippen molar-refractivity contribution in [2.45, 2.75) is 13.1 Å².